The van der Waals surface area contributed by atoms with Gasteiger partial charge in [-0.25, -0.2) is 18.0 Å². The number of ether oxygens (including phenoxy) is 1. The number of rotatable bonds is 9. The minimum absolute atomic E-state index is 0.0220. The minimum Gasteiger partial charge on any atom is -0.462 e. The summed E-state index contributed by atoms with van der Waals surface area (Å²) in [5, 5.41) is 0.0977. The number of esters is 1. The smallest absolute Gasteiger partial charge is 0.419 e. The SMILES string of the molecule is CCN(CC)S(=O)(=O)c1ccc(Cl)c(C(=O)OCCCn2c(=O)oc3ccccc32)c1. The van der Waals surface area contributed by atoms with Gasteiger partial charge >= 0.3 is 11.7 Å². The topological polar surface area (TPSA) is 98.8 Å². The molecule has 3 aromatic rings. The predicted octanol–water partition coefficient (Wildman–Crippen LogP) is 3.53. The number of aromatic nitrogens is 1. The Bertz CT molecular complexity index is 1240. The van der Waals surface area contributed by atoms with Gasteiger partial charge in [-0.3, -0.25) is 4.57 Å². The van der Waals surface area contributed by atoms with Crippen LogP contribution in [0.3, 0.4) is 0 Å². The zero-order valence-corrected chi connectivity index (χ0v) is 18.8. The van der Waals surface area contributed by atoms with Crippen molar-refractivity contribution in [3.8, 4) is 0 Å². The maximum atomic E-state index is 12.7. The second-order valence-corrected chi connectivity index (χ2v) is 9.05. The highest BCUT2D eigenvalue weighted by molar-refractivity contribution is 7.89. The van der Waals surface area contributed by atoms with Gasteiger partial charge in [-0.05, 0) is 36.8 Å². The van der Waals surface area contributed by atoms with Crippen molar-refractivity contribution >= 4 is 38.7 Å². The van der Waals surface area contributed by atoms with Gasteiger partial charge in [0.05, 0.1) is 27.6 Å². The van der Waals surface area contributed by atoms with Gasteiger partial charge in [-0.1, -0.05) is 37.6 Å². The van der Waals surface area contributed by atoms with Crippen LogP contribution < -0.4 is 5.76 Å². The van der Waals surface area contributed by atoms with Crippen LogP contribution in [0.1, 0.15) is 30.6 Å². The molecule has 8 nitrogen and oxygen atoms in total. The molecule has 166 valence electrons. The van der Waals surface area contributed by atoms with Crippen LogP contribution in [0.4, 0.5) is 0 Å². The largest absolute Gasteiger partial charge is 0.462 e. The van der Waals surface area contributed by atoms with E-state index in [4.69, 9.17) is 20.8 Å². The quantitative estimate of drug-likeness (QED) is 0.353. The fraction of sp³-hybridized carbons (Fsp3) is 0.333. The van der Waals surface area contributed by atoms with Crippen LogP contribution in [-0.2, 0) is 21.3 Å². The number of benzene rings is 2. The van der Waals surface area contributed by atoms with Gasteiger partial charge in [0.15, 0.2) is 5.58 Å². The molecule has 0 aliphatic rings. The van der Waals surface area contributed by atoms with Crippen LogP contribution in [0.15, 0.2) is 56.6 Å². The molecule has 0 spiro atoms. The van der Waals surface area contributed by atoms with Crippen molar-refractivity contribution < 1.29 is 22.4 Å². The first kappa shape index (κ1) is 23.1. The number of sulfonamides is 1. The molecule has 0 amide bonds. The van der Waals surface area contributed by atoms with E-state index in [0.717, 1.165) is 0 Å². The number of carbonyl (C=O) groups is 1. The van der Waals surface area contributed by atoms with E-state index >= 15 is 0 Å². The molecule has 0 aliphatic carbocycles. The predicted molar refractivity (Wildman–Crippen MR) is 117 cm³/mol. The summed E-state index contributed by atoms with van der Waals surface area (Å²) in [6.45, 7) is 4.41. The van der Waals surface area contributed by atoms with E-state index < -0.39 is 21.7 Å². The molecule has 1 aromatic heterocycles. The maximum Gasteiger partial charge on any atom is 0.419 e. The van der Waals surface area contributed by atoms with Crippen molar-refractivity contribution in [1.82, 2.24) is 8.87 Å². The number of hydrogen-bond donors (Lipinski definition) is 0. The number of aryl methyl sites for hydroxylation is 1. The molecular weight excluding hydrogens is 444 g/mol. The molecule has 2 aromatic carbocycles. The van der Waals surface area contributed by atoms with Gasteiger partial charge in [0.2, 0.25) is 10.0 Å². The highest BCUT2D eigenvalue weighted by atomic mass is 35.5. The number of para-hydroxylation sites is 2. The molecule has 0 N–H and O–H groups in total. The van der Waals surface area contributed by atoms with Gasteiger partial charge in [-0.15, -0.1) is 0 Å². The third kappa shape index (κ3) is 4.84. The first-order valence-electron chi connectivity index (χ1n) is 9.84. The molecule has 0 fully saturated rings. The second-order valence-electron chi connectivity index (χ2n) is 6.71. The van der Waals surface area contributed by atoms with Crippen molar-refractivity contribution in [2.45, 2.75) is 31.7 Å². The Balaban J connectivity index is 1.68. The monoisotopic (exact) mass is 466 g/mol. The molecule has 0 bridgehead atoms. The van der Waals surface area contributed by atoms with Crippen LogP contribution in [-0.4, -0.2) is 43.0 Å². The van der Waals surface area contributed by atoms with E-state index in [0.29, 0.717) is 37.2 Å². The summed E-state index contributed by atoms with van der Waals surface area (Å²) in [6, 6.07) is 11.0. The molecule has 1 heterocycles. The van der Waals surface area contributed by atoms with E-state index in [9.17, 15) is 18.0 Å². The maximum absolute atomic E-state index is 12.7. The van der Waals surface area contributed by atoms with Crippen LogP contribution in [0, 0.1) is 0 Å². The molecule has 10 heteroatoms. The highest BCUT2D eigenvalue weighted by Crippen LogP contribution is 2.24. The van der Waals surface area contributed by atoms with Crippen LogP contribution in [0.5, 0.6) is 0 Å². The Morgan fingerprint density at radius 3 is 2.58 bits per heavy atom. The van der Waals surface area contributed by atoms with Crippen molar-refractivity contribution in [3.63, 3.8) is 0 Å². The van der Waals surface area contributed by atoms with Gasteiger partial charge in [0.1, 0.15) is 0 Å². The van der Waals surface area contributed by atoms with Crippen LogP contribution in [0.2, 0.25) is 5.02 Å². The van der Waals surface area contributed by atoms with E-state index in [1.165, 1.54) is 27.1 Å². The van der Waals surface area contributed by atoms with Crippen molar-refractivity contribution in [2.75, 3.05) is 19.7 Å². The van der Waals surface area contributed by atoms with Gasteiger partial charge in [0.25, 0.3) is 0 Å². The number of hydrogen-bond acceptors (Lipinski definition) is 6. The Morgan fingerprint density at radius 1 is 1.16 bits per heavy atom. The minimum atomic E-state index is -3.74. The molecule has 0 radical (unpaired) electrons. The molecule has 0 atom stereocenters. The fourth-order valence-corrected chi connectivity index (χ4v) is 4.90. The third-order valence-corrected chi connectivity index (χ3v) is 7.21. The fourth-order valence-electron chi connectivity index (χ4n) is 3.22. The Kier molecular flexibility index (Phi) is 7.19. The third-order valence-electron chi connectivity index (χ3n) is 4.83. The number of fused-ring (bicyclic) bond motifs is 1. The Morgan fingerprint density at radius 2 is 1.87 bits per heavy atom. The zero-order valence-electron chi connectivity index (χ0n) is 17.2. The molecule has 0 saturated carbocycles. The molecule has 0 saturated heterocycles. The van der Waals surface area contributed by atoms with E-state index in [2.05, 4.69) is 0 Å². The number of carbonyl (C=O) groups excluding carboxylic acids is 1. The van der Waals surface area contributed by atoms with Crippen molar-refractivity contribution in [2.24, 2.45) is 0 Å². The normalized spacial score (nSPS) is 11.9. The van der Waals surface area contributed by atoms with E-state index in [1.807, 2.05) is 0 Å². The Hall–Kier alpha value is -2.62. The first-order valence-corrected chi connectivity index (χ1v) is 11.7. The van der Waals surface area contributed by atoms with Crippen molar-refractivity contribution in [3.05, 3.63) is 63.6 Å². The molecule has 0 aliphatic heterocycles. The van der Waals surface area contributed by atoms with E-state index in [1.54, 1.807) is 38.1 Å². The summed E-state index contributed by atoms with van der Waals surface area (Å²) in [6.07, 6.45) is 0.365. The summed E-state index contributed by atoms with van der Waals surface area (Å²) in [5.41, 5.74) is 1.12. The average Bonchev–Trinajstić information content (AvgIpc) is 3.07. The average molecular weight is 467 g/mol. The lowest BCUT2D eigenvalue weighted by Gasteiger charge is -2.19. The summed E-state index contributed by atoms with van der Waals surface area (Å²) in [5.74, 6) is -1.21. The summed E-state index contributed by atoms with van der Waals surface area (Å²) in [4.78, 5) is 24.4. The van der Waals surface area contributed by atoms with Gasteiger partial charge in [0, 0.05) is 19.6 Å². The summed E-state index contributed by atoms with van der Waals surface area (Å²) in [7, 11) is -3.74. The van der Waals surface area contributed by atoms with E-state index in [-0.39, 0.29) is 22.1 Å². The molecule has 31 heavy (non-hydrogen) atoms. The van der Waals surface area contributed by atoms with Crippen LogP contribution in [0.25, 0.3) is 11.1 Å². The number of oxazole rings is 1. The number of nitrogens with zero attached hydrogens (tertiary/aromatic N) is 2. The standard InChI is InChI=1S/C21H23ClN2O6S/c1-3-23(4-2)31(27,28)15-10-11-17(22)16(14-15)20(25)29-13-7-12-24-18-8-5-6-9-19(18)30-21(24)26/h5-6,8-11,14H,3-4,7,12-13H2,1-2H3. The zero-order chi connectivity index (χ0) is 22.6. The lowest BCUT2D eigenvalue weighted by Crippen LogP contribution is -2.30. The summed E-state index contributed by atoms with van der Waals surface area (Å²) >= 11 is 6.10. The second kappa shape index (κ2) is 9.67. The van der Waals surface area contributed by atoms with Crippen LogP contribution >= 0.6 is 11.6 Å². The van der Waals surface area contributed by atoms with Crippen molar-refractivity contribution in [1.29, 1.82) is 0 Å². The lowest BCUT2D eigenvalue weighted by molar-refractivity contribution is 0.0496. The lowest BCUT2D eigenvalue weighted by atomic mass is 10.2. The number of halogens is 1. The van der Waals surface area contributed by atoms with Gasteiger partial charge < -0.3 is 9.15 Å². The molecule has 3 rings (SSSR count). The highest BCUT2D eigenvalue weighted by Gasteiger charge is 2.24. The summed E-state index contributed by atoms with van der Waals surface area (Å²) < 4.78 is 38.6. The Labute approximate surface area is 185 Å². The van der Waals surface area contributed by atoms with Gasteiger partial charge in [-0.2, -0.15) is 4.31 Å². The molecular formula is C21H23ClN2O6S. The first-order chi connectivity index (χ1) is 14.8. The molecule has 0 unspecified atom stereocenters.